The molecule has 1 N–H and O–H groups in total. The molecule has 0 bridgehead atoms. The number of rotatable bonds is 5. The van der Waals surface area contributed by atoms with Crippen molar-refractivity contribution in [3.8, 4) is 16.9 Å². The molecule has 0 amide bonds. The molecule has 0 aliphatic heterocycles. The Bertz CT molecular complexity index is 737. The van der Waals surface area contributed by atoms with Crippen molar-refractivity contribution < 1.29 is 27.8 Å². The van der Waals surface area contributed by atoms with Gasteiger partial charge in [0, 0.05) is 5.56 Å². The lowest BCUT2D eigenvalue weighted by molar-refractivity contribution is -0.140. The molecule has 2 rings (SSSR count). The maximum absolute atomic E-state index is 13.0. The van der Waals surface area contributed by atoms with E-state index in [1.54, 1.807) is 18.2 Å². The fourth-order valence-corrected chi connectivity index (χ4v) is 2.26. The maximum atomic E-state index is 13.0. The van der Waals surface area contributed by atoms with Crippen molar-refractivity contribution in [1.82, 2.24) is 0 Å². The smallest absolute Gasteiger partial charge is 0.416 e. The molecule has 0 aliphatic rings. The first kappa shape index (κ1) is 17.8. The van der Waals surface area contributed by atoms with Gasteiger partial charge in [0.1, 0.15) is 5.75 Å². The van der Waals surface area contributed by atoms with Crippen LogP contribution in [0.5, 0.6) is 5.75 Å². The van der Waals surface area contributed by atoms with Crippen LogP contribution in [0, 0.1) is 0 Å². The molecule has 0 fully saturated rings. The van der Waals surface area contributed by atoms with Gasteiger partial charge in [0.2, 0.25) is 0 Å². The van der Waals surface area contributed by atoms with E-state index in [9.17, 15) is 18.0 Å². The van der Waals surface area contributed by atoms with E-state index < -0.39 is 24.3 Å². The van der Waals surface area contributed by atoms with Crippen LogP contribution in [0.1, 0.15) is 30.9 Å². The number of halogens is 3. The van der Waals surface area contributed by atoms with Gasteiger partial charge in [0.05, 0.1) is 5.56 Å². The van der Waals surface area contributed by atoms with Gasteiger partial charge in [-0.25, -0.2) is 4.79 Å². The van der Waals surface area contributed by atoms with Crippen LogP contribution in [0.2, 0.25) is 0 Å². The third kappa shape index (κ3) is 4.28. The third-order valence-corrected chi connectivity index (χ3v) is 3.52. The van der Waals surface area contributed by atoms with E-state index in [1.807, 2.05) is 19.9 Å². The van der Waals surface area contributed by atoms with E-state index in [-0.39, 0.29) is 17.2 Å². The van der Waals surface area contributed by atoms with Crippen LogP contribution in [0.25, 0.3) is 11.1 Å². The van der Waals surface area contributed by atoms with Crippen LogP contribution in [0.4, 0.5) is 13.2 Å². The molecule has 0 aliphatic carbocycles. The molecule has 2 aromatic rings. The number of aliphatic carboxylic acids is 1. The fraction of sp³-hybridized carbons (Fsp3) is 0.278. The highest BCUT2D eigenvalue weighted by Crippen LogP contribution is 2.38. The number of hydrogen-bond donors (Lipinski definition) is 1. The minimum absolute atomic E-state index is 0.103. The van der Waals surface area contributed by atoms with E-state index in [0.29, 0.717) is 5.56 Å². The summed E-state index contributed by atoms with van der Waals surface area (Å²) in [5.74, 6) is -0.887. The first-order chi connectivity index (χ1) is 11.2. The number of alkyl halides is 3. The van der Waals surface area contributed by atoms with Crippen LogP contribution in [0.3, 0.4) is 0 Å². The quantitative estimate of drug-likeness (QED) is 0.838. The minimum atomic E-state index is -4.49. The monoisotopic (exact) mass is 338 g/mol. The average Bonchev–Trinajstić information content (AvgIpc) is 2.52. The standard InChI is InChI=1S/C18H17F3O3/c1-11(2)12-4-3-5-13(8-12)15-9-14(18(19,20)21)6-7-16(15)24-10-17(22)23/h3-9,11H,10H2,1-2H3,(H,22,23). The minimum Gasteiger partial charge on any atom is -0.481 e. The lowest BCUT2D eigenvalue weighted by Crippen LogP contribution is -2.11. The molecule has 128 valence electrons. The zero-order chi connectivity index (χ0) is 17.9. The first-order valence-electron chi connectivity index (χ1n) is 7.34. The topological polar surface area (TPSA) is 46.5 Å². The van der Waals surface area contributed by atoms with Crippen LogP contribution in [0.15, 0.2) is 42.5 Å². The molecule has 3 nitrogen and oxygen atoms in total. The SMILES string of the molecule is CC(C)c1cccc(-c2cc(C(F)(F)F)ccc2OCC(=O)O)c1. The predicted octanol–water partition coefficient (Wildman–Crippen LogP) is 4.96. The molecule has 0 spiro atoms. The molecule has 24 heavy (non-hydrogen) atoms. The van der Waals surface area contributed by atoms with Gasteiger partial charge in [-0.15, -0.1) is 0 Å². The first-order valence-corrected chi connectivity index (χ1v) is 7.34. The van der Waals surface area contributed by atoms with E-state index in [4.69, 9.17) is 9.84 Å². The summed E-state index contributed by atoms with van der Waals surface area (Å²) in [6, 6.07) is 10.1. The van der Waals surface area contributed by atoms with E-state index in [1.165, 1.54) is 0 Å². The molecular weight excluding hydrogens is 321 g/mol. The Morgan fingerprint density at radius 2 is 1.88 bits per heavy atom. The lowest BCUT2D eigenvalue weighted by Gasteiger charge is -2.15. The number of carboxylic acid groups (broad SMARTS) is 1. The summed E-state index contributed by atoms with van der Waals surface area (Å²) >= 11 is 0. The molecule has 0 atom stereocenters. The Kier molecular flexibility index (Phi) is 5.17. The van der Waals surface area contributed by atoms with Gasteiger partial charge in [-0.05, 0) is 35.2 Å². The van der Waals surface area contributed by atoms with Crippen molar-refractivity contribution in [3.05, 3.63) is 53.6 Å². The number of benzene rings is 2. The van der Waals surface area contributed by atoms with Gasteiger partial charge in [0.15, 0.2) is 6.61 Å². The molecule has 0 saturated heterocycles. The largest absolute Gasteiger partial charge is 0.481 e. The van der Waals surface area contributed by atoms with Crippen molar-refractivity contribution in [2.75, 3.05) is 6.61 Å². The molecule has 0 aromatic heterocycles. The molecular formula is C18H17F3O3. The van der Waals surface area contributed by atoms with Gasteiger partial charge in [-0.3, -0.25) is 0 Å². The number of carboxylic acids is 1. The Morgan fingerprint density at radius 1 is 1.17 bits per heavy atom. The summed E-state index contributed by atoms with van der Waals surface area (Å²) in [4.78, 5) is 10.7. The highest BCUT2D eigenvalue weighted by molar-refractivity contribution is 5.73. The zero-order valence-electron chi connectivity index (χ0n) is 13.2. The molecule has 0 radical (unpaired) electrons. The second-order valence-corrected chi connectivity index (χ2v) is 5.67. The third-order valence-electron chi connectivity index (χ3n) is 3.52. The zero-order valence-corrected chi connectivity index (χ0v) is 13.2. The molecule has 0 saturated carbocycles. The summed E-state index contributed by atoms with van der Waals surface area (Å²) in [6.07, 6.45) is -4.49. The van der Waals surface area contributed by atoms with Crippen molar-refractivity contribution in [3.63, 3.8) is 0 Å². The predicted molar refractivity (Wildman–Crippen MR) is 84.1 cm³/mol. The van der Waals surface area contributed by atoms with E-state index in [0.717, 1.165) is 23.8 Å². The molecule has 6 heteroatoms. The Hall–Kier alpha value is -2.50. The van der Waals surface area contributed by atoms with Crippen molar-refractivity contribution >= 4 is 5.97 Å². The summed E-state index contributed by atoms with van der Waals surface area (Å²) in [6.45, 7) is 3.34. The summed E-state index contributed by atoms with van der Waals surface area (Å²) in [7, 11) is 0. The van der Waals surface area contributed by atoms with Gasteiger partial charge in [-0.1, -0.05) is 38.1 Å². The molecule has 2 aromatic carbocycles. The van der Waals surface area contributed by atoms with Gasteiger partial charge in [0.25, 0.3) is 0 Å². The normalized spacial score (nSPS) is 11.6. The van der Waals surface area contributed by atoms with Gasteiger partial charge < -0.3 is 9.84 Å². The summed E-state index contributed by atoms with van der Waals surface area (Å²) in [5, 5.41) is 8.73. The summed E-state index contributed by atoms with van der Waals surface area (Å²) in [5.41, 5.74) is 0.922. The Morgan fingerprint density at radius 3 is 2.46 bits per heavy atom. The fourth-order valence-electron chi connectivity index (χ4n) is 2.26. The Balaban J connectivity index is 2.54. The van der Waals surface area contributed by atoms with E-state index in [2.05, 4.69) is 0 Å². The van der Waals surface area contributed by atoms with Crippen molar-refractivity contribution in [2.45, 2.75) is 25.9 Å². The number of ether oxygens (including phenoxy) is 1. The number of hydrogen-bond acceptors (Lipinski definition) is 2. The summed E-state index contributed by atoms with van der Waals surface area (Å²) < 4.78 is 44.2. The highest BCUT2D eigenvalue weighted by Gasteiger charge is 2.31. The maximum Gasteiger partial charge on any atom is 0.416 e. The number of carbonyl (C=O) groups is 1. The van der Waals surface area contributed by atoms with Crippen LogP contribution >= 0.6 is 0 Å². The average molecular weight is 338 g/mol. The Labute approximate surface area is 137 Å². The second kappa shape index (κ2) is 6.95. The van der Waals surface area contributed by atoms with Crippen LogP contribution < -0.4 is 4.74 Å². The van der Waals surface area contributed by atoms with Gasteiger partial charge >= 0.3 is 12.1 Å². The lowest BCUT2D eigenvalue weighted by atomic mass is 9.96. The molecule has 0 heterocycles. The highest BCUT2D eigenvalue weighted by atomic mass is 19.4. The molecule has 0 unspecified atom stereocenters. The van der Waals surface area contributed by atoms with Crippen molar-refractivity contribution in [2.24, 2.45) is 0 Å². The van der Waals surface area contributed by atoms with Gasteiger partial charge in [-0.2, -0.15) is 13.2 Å². The van der Waals surface area contributed by atoms with E-state index >= 15 is 0 Å². The second-order valence-electron chi connectivity index (χ2n) is 5.67. The van der Waals surface area contributed by atoms with Crippen LogP contribution in [-0.4, -0.2) is 17.7 Å². The van der Waals surface area contributed by atoms with Crippen LogP contribution in [-0.2, 0) is 11.0 Å². The van der Waals surface area contributed by atoms with Crippen molar-refractivity contribution in [1.29, 1.82) is 0 Å².